The van der Waals surface area contributed by atoms with E-state index in [1.54, 1.807) is 6.07 Å². The molecule has 0 heterocycles. The first-order valence-corrected chi connectivity index (χ1v) is 7.84. The fourth-order valence-electron chi connectivity index (χ4n) is 3.36. The van der Waals surface area contributed by atoms with Crippen molar-refractivity contribution in [3.8, 4) is 5.75 Å². The summed E-state index contributed by atoms with van der Waals surface area (Å²) in [4.78, 5) is 0. The Hall–Kier alpha value is -1.58. The lowest BCUT2D eigenvalue weighted by molar-refractivity contribution is 0.109. The van der Waals surface area contributed by atoms with E-state index in [-0.39, 0.29) is 6.10 Å². The summed E-state index contributed by atoms with van der Waals surface area (Å²) in [5.41, 5.74) is 0.909. The molecule has 1 fully saturated rings. The molecule has 1 aliphatic carbocycles. The molecule has 0 saturated heterocycles. The van der Waals surface area contributed by atoms with Gasteiger partial charge in [-0.25, -0.2) is 0 Å². The highest BCUT2D eigenvalue weighted by molar-refractivity contribution is 5.87. The highest BCUT2D eigenvalue weighted by Gasteiger charge is 2.22. The lowest BCUT2D eigenvalue weighted by Crippen LogP contribution is -2.31. The van der Waals surface area contributed by atoms with E-state index in [0.717, 1.165) is 29.2 Å². The second-order valence-corrected chi connectivity index (χ2v) is 6.03. The summed E-state index contributed by atoms with van der Waals surface area (Å²) in [6.07, 6.45) is 4.49. The number of hydrogen-bond donors (Lipinski definition) is 3. The second kappa shape index (κ2) is 6.46. The molecule has 21 heavy (non-hydrogen) atoms. The highest BCUT2D eigenvalue weighted by Crippen LogP contribution is 2.28. The molecule has 3 rings (SSSR count). The molecule has 3 nitrogen and oxygen atoms in total. The first-order valence-electron chi connectivity index (χ1n) is 7.84. The minimum atomic E-state index is -0.274. The first-order chi connectivity index (χ1) is 10.3. The van der Waals surface area contributed by atoms with Crippen LogP contribution >= 0.6 is 0 Å². The van der Waals surface area contributed by atoms with Crippen LogP contribution in [0.2, 0.25) is 0 Å². The molecule has 1 atom stereocenters. The van der Waals surface area contributed by atoms with Gasteiger partial charge in [0.1, 0.15) is 5.75 Å². The van der Waals surface area contributed by atoms with Gasteiger partial charge in [0.25, 0.3) is 0 Å². The third-order valence-corrected chi connectivity index (χ3v) is 4.62. The van der Waals surface area contributed by atoms with Crippen LogP contribution in [0.1, 0.15) is 31.2 Å². The van der Waals surface area contributed by atoms with Gasteiger partial charge >= 0.3 is 0 Å². The summed E-state index contributed by atoms with van der Waals surface area (Å²) in [7, 11) is 0. The van der Waals surface area contributed by atoms with Gasteiger partial charge in [-0.2, -0.15) is 0 Å². The topological polar surface area (TPSA) is 52.5 Å². The molecule has 1 aliphatic rings. The molecule has 1 unspecified atom stereocenters. The summed E-state index contributed by atoms with van der Waals surface area (Å²) in [6.45, 7) is 1.17. The first kappa shape index (κ1) is 14.4. The second-order valence-electron chi connectivity index (χ2n) is 6.03. The Kier molecular flexibility index (Phi) is 4.42. The normalized spacial score (nSPS) is 17.4. The van der Waals surface area contributed by atoms with Crippen molar-refractivity contribution in [1.82, 2.24) is 5.32 Å². The Morgan fingerprint density at radius 1 is 1.10 bits per heavy atom. The van der Waals surface area contributed by atoms with Gasteiger partial charge in [-0.1, -0.05) is 43.2 Å². The number of hydrogen-bond acceptors (Lipinski definition) is 3. The maximum absolute atomic E-state index is 10.2. The predicted octanol–water partition coefficient (Wildman–Crippen LogP) is 3.19. The fourth-order valence-corrected chi connectivity index (χ4v) is 3.36. The van der Waals surface area contributed by atoms with Crippen LogP contribution in [0.4, 0.5) is 0 Å². The fraction of sp³-hybridized carbons (Fsp3) is 0.444. The van der Waals surface area contributed by atoms with Crippen LogP contribution in [0.15, 0.2) is 36.4 Å². The molecule has 3 N–H and O–H groups in total. The third kappa shape index (κ3) is 3.20. The third-order valence-electron chi connectivity index (χ3n) is 4.62. The van der Waals surface area contributed by atoms with E-state index in [9.17, 15) is 10.2 Å². The molecule has 0 aromatic heterocycles. The van der Waals surface area contributed by atoms with Crippen molar-refractivity contribution in [3.05, 3.63) is 42.0 Å². The molecular formula is C18H23NO2. The summed E-state index contributed by atoms with van der Waals surface area (Å²) in [5, 5.41) is 25.8. The molecule has 0 amide bonds. The Balaban J connectivity index is 1.66. The number of benzene rings is 2. The molecule has 2 aromatic carbocycles. The SMILES string of the molecule is Oc1ccc2ccccc2c1CNCC(O)C1CCCC1. The van der Waals surface area contributed by atoms with E-state index in [1.807, 2.05) is 30.3 Å². The van der Waals surface area contributed by atoms with Crippen LogP contribution in [0.3, 0.4) is 0 Å². The van der Waals surface area contributed by atoms with E-state index < -0.39 is 0 Å². The van der Waals surface area contributed by atoms with Crippen LogP contribution in [0, 0.1) is 5.92 Å². The minimum Gasteiger partial charge on any atom is -0.508 e. The number of nitrogens with one attached hydrogen (secondary N) is 1. The molecular weight excluding hydrogens is 262 g/mol. The molecule has 2 aromatic rings. The van der Waals surface area contributed by atoms with Crippen LogP contribution in [0.25, 0.3) is 10.8 Å². The van der Waals surface area contributed by atoms with Crippen LogP contribution < -0.4 is 5.32 Å². The van der Waals surface area contributed by atoms with Crippen molar-refractivity contribution in [2.75, 3.05) is 6.54 Å². The number of phenols is 1. The van der Waals surface area contributed by atoms with Crippen molar-refractivity contribution in [1.29, 1.82) is 0 Å². The molecule has 112 valence electrons. The van der Waals surface area contributed by atoms with Gasteiger partial charge in [0.15, 0.2) is 0 Å². The lowest BCUT2D eigenvalue weighted by Gasteiger charge is -2.18. The molecule has 0 aliphatic heterocycles. The highest BCUT2D eigenvalue weighted by atomic mass is 16.3. The summed E-state index contributed by atoms with van der Waals surface area (Å²) < 4.78 is 0. The average Bonchev–Trinajstić information content (AvgIpc) is 3.04. The Morgan fingerprint density at radius 2 is 1.86 bits per heavy atom. The number of phenolic OH excluding ortho intramolecular Hbond substituents is 1. The van der Waals surface area contributed by atoms with Crippen LogP contribution in [0.5, 0.6) is 5.75 Å². The zero-order chi connectivity index (χ0) is 14.7. The number of fused-ring (bicyclic) bond motifs is 1. The molecule has 1 saturated carbocycles. The van der Waals surface area contributed by atoms with Gasteiger partial charge in [0.2, 0.25) is 0 Å². The van der Waals surface area contributed by atoms with Crippen molar-refractivity contribution in [2.45, 2.75) is 38.3 Å². The van der Waals surface area contributed by atoms with Crippen LogP contribution in [-0.2, 0) is 6.54 Å². The van der Waals surface area contributed by atoms with Gasteiger partial charge in [-0.15, -0.1) is 0 Å². The van der Waals surface area contributed by atoms with Crippen molar-refractivity contribution in [2.24, 2.45) is 5.92 Å². The molecule has 0 spiro atoms. The van der Waals surface area contributed by atoms with Crippen LogP contribution in [-0.4, -0.2) is 22.9 Å². The maximum Gasteiger partial charge on any atom is 0.120 e. The Labute approximate surface area is 125 Å². The lowest BCUT2D eigenvalue weighted by atomic mass is 10.0. The van der Waals surface area contributed by atoms with Gasteiger partial charge in [-0.3, -0.25) is 0 Å². The zero-order valence-electron chi connectivity index (χ0n) is 12.3. The van der Waals surface area contributed by atoms with E-state index in [0.29, 0.717) is 24.8 Å². The number of aliphatic hydroxyl groups is 1. The van der Waals surface area contributed by atoms with E-state index >= 15 is 0 Å². The maximum atomic E-state index is 10.2. The zero-order valence-corrected chi connectivity index (χ0v) is 12.3. The number of aromatic hydroxyl groups is 1. The summed E-state index contributed by atoms with van der Waals surface area (Å²) in [6, 6.07) is 11.7. The Morgan fingerprint density at radius 3 is 2.67 bits per heavy atom. The number of aliphatic hydroxyl groups excluding tert-OH is 1. The van der Waals surface area contributed by atoms with Gasteiger partial charge in [0, 0.05) is 18.7 Å². The minimum absolute atomic E-state index is 0.274. The Bertz CT molecular complexity index is 605. The standard InChI is InChI=1S/C18H23NO2/c20-17-10-9-13-5-3-4-8-15(13)16(17)11-19-12-18(21)14-6-1-2-7-14/h3-5,8-10,14,18-21H,1-2,6-7,11-12H2. The van der Waals surface area contributed by atoms with Gasteiger partial charge in [-0.05, 0) is 35.6 Å². The smallest absolute Gasteiger partial charge is 0.120 e. The van der Waals surface area contributed by atoms with E-state index in [1.165, 1.54) is 12.8 Å². The molecule has 0 bridgehead atoms. The van der Waals surface area contributed by atoms with E-state index in [4.69, 9.17) is 0 Å². The average molecular weight is 285 g/mol. The van der Waals surface area contributed by atoms with Crippen molar-refractivity contribution >= 4 is 10.8 Å². The number of rotatable bonds is 5. The monoisotopic (exact) mass is 285 g/mol. The summed E-state index contributed by atoms with van der Waals surface area (Å²) in [5.74, 6) is 0.759. The largest absolute Gasteiger partial charge is 0.508 e. The predicted molar refractivity (Wildman–Crippen MR) is 85.3 cm³/mol. The van der Waals surface area contributed by atoms with Crippen molar-refractivity contribution < 1.29 is 10.2 Å². The quantitative estimate of drug-likeness (QED) is 0.791. The van der Waals surface area contributed by atoms with Gasteiger partial charge in [0.05, 0.1) is 6.10 Å². The molecule has 3 heteroatoms. The van der Waals surface area contributed by atoms with Crippen molar-refractivity contribution in [3.63, 3.8) is 0 Å². The van der Waals surface area contributed by atoms with Gasteiger partial charge < -0.3 is 15.5 Å². The summed E-state index contributed by atoms with van der Waals surface area (Å²) >= 11 is 0. The van der Waals surface area contributed by atoms with E-state index in [2.05, 4.69) is 5.32 Å². The molecule has 0 radical (unpaired) electrons.